The second-order valence-corrected chi connectivity index (χ2v) is 5.98. The molecule has 5 nitrogen and oxygen atoms in total. The molecule has 3 rings (SSSR count). The number of rotatable bonds is 2. The summed E-state index contributed by atoms with van der Waals surface area (Å²) < 4.78 is 0.875. The van der Waals surface area contributed by atoms with Crippen LogP contribution in [-0.2, 0) is 9.59 Å². The number of amides is 2. The van der Waals surface area contributed by atoms with E-state index in [9.17, 15) is 9.59 Å². The molecule has 2 unspecified atom stereocenters. The van der Waals surface area contributed by atoms with Crippen molar-refractivity contribution in [1.82, 2.24) is 10.6 Å². The monoisotopic (exact) mass is 337 g/mol. The molecule has 0 saturated carbocycles. The first-order valence-electron chi connectivity index (χ1n) is 6.80. The molecule has 0 radical (unpaired) electrons. The lowest BCUT2D eigenvalue weighted by atomic mass is 10.0. The maximum Gasteiger partial charge on any atom is 0.246 e. The van der Waals surface area contributed by atoms with Crippen molar-refractivity contribution in [3.63, 3.8) is 0 Å². The van der Waals surface area contributed by atoms with Gasteiger partial charge in [0.1, 0.15) is 6.04 Å². The Morgan fingerprint density at radius 2 is 2.05 bits per heavy atom. The summed E-state index contributed by atoms with van der Waals surface area (Å²) in [7, 11) is 0. The van der Waals surface area contributed by atoms with Crippen LogP contribution in [0, 0.1) is 0 Å². The predicted octanol–water partition coefficient (Wildman–Crippen LogP) is 1.70. The molecular weight excluding hydrogens is 322 g/mol. The summed E-state index contributed by atoms with van der Waals surface area (Å²) in [5.41, 5.74) is 1.69. The molecule has 6 heteroatoms. The van der Waals surface area contributed by atoms with Crippen molar-refractivity contribution >= 4 is 33.4 Å². The molecule has 2 aliphatic rings. The van der Waals surface area contributed by atoms with Crippen molar-refractivity contribution < 1.29 is 9.59 Å². The molecule has 1 aromatic carbocycles. The van der Waals surface area contributed by atoms with E-state index in [4.69, 9.17) is 0 Å². The van der Waals surface area contributed by atoms with Gasteiger partial charge in [0.25, 0.3) is 0 Å². The molecule has 3 N–H and O–H groups in total. The van der Waals surface area contributed by atoms with Crippen molar-refractivity contribution in [2.24, 2.45) is 0 Å². The molecule has 2 amide bonds. The molecule has 2 atom stereocenters. The van der Waals surface area contributed by atoms with Crippen LogP contribution >= 0.6 is 15.9 Å². The molecule has 0 aromatic heterocycles. The van der Waals surface area contributed by atoms with E-state index in [1.54, 1.807) is 0 Å². The van der Waals surface area contributed by atoms with Gasteiger partial charge in [-0.15, -0.1) is 0 Å². The highest BCUT2D eigenvalue weighted by molar-refractivity contribution is 9.10. The van der Waals surface area contributed by atoms with Gasteiger partial charge in [0, 0.05) is 22.3 Å². The van der Waals surface area contributed by atoms with Crippen molar-refractivity contribution in [1.29, 1.82) is 0 Å². The smallest absolute Gasteiger partial charge is 0.246 e. The number of carbonyl (C=O) groups excluding carboxylic acids is 2. The molecule has 0 aliphatic carbocycles. The molecular formula is C14H16BrN3O2. The van der Waals surface area contributed by atoms with Crippen LogP contribution in [0.4, 0.5) is 5.69 Å². The fraction of sp³-hybridized carbons (Fsp3) is 0.429. The summed E-state index contributed by atoms with van der Waals surface area (Å²) in [4.78, 5) is 24.1. The van der Waals surface area contributed by atoms with Gasteiger partial charge in [0.15, 0.2) is 0 Å². The van der Waals surface area contributed by atoms with Gasteiger partial charge in [0.05, 0.1) is 6.04 Å². The Bertz CT molecular complexity index is 561. The van der Waals surface area contributed by atoms with E-state index in [1.807, 2.05) is 18.2 Å². The van der Waals surface area contributed by atoms with Gasteiger partial charge in [-0.2, -0.15) is 0 Å². The Morgan fingerprint density at radius 3 is 2.90 bits per heavy atom. The van der Waals surface area contributed by atoms with Crippen LogP contribution in [0.2, 0.25) is 0 Å². The van der Waals surface area contributed by atoms with Gasteiger partial charge in [-0.25, -0.2) is 0 Å². The minimum Gasteiger partial charge on any atom is -0.355 e. The highest BCUT2D eigenvalue weighted by Gasteiger charge is 2.35. The number of hydrogen-bond donors (Lipinski definition) is 3. The molecule has 106 valence electrons. The number of carbonyl (C=O) groups is 2. The quantitative estimate of drug-likeness (QED) is 0.769. The van der Waals surface area contributed by atoms with Crippen LogP contribution in [0.3, 0.4) is 0 Å². The van der Waals surface area contributed by atoms with E-state index < -0.39 is 6.04 Å². The molecule has 2 heterocycles. The van der Waals surface area contributed by atoms with Crippen LogP contribution < -0.4 is 16.0 Å². The average Bonchev–Trinajstić information content (AvgIpc) is 2.60. The maximum atomic E-state index is 12.1. The first-order chi connectivity index (χ1) is 9.66. The third kappa shape index (κ3) is 2.45. The Kier molecular flexibility index (Phi) is 3.76. The summed E-state index contributed by atoms with van der Waals surface area (Å²) >= 11 is 3.48. The van der Waals surface area contributed by atoms with Crippen molar-refractivity contribution in [3.8, 4) is 0 Å². The average molecular weight is 338 g/mol. The predicted molar refractivity (Wildman–Crippen MR) is 79.3 cm³/mol. The Balaban J connectivity index is 1.84. The van der Waals surface area contributed by atoms with Crippen LogP contribution in [0.5, 0.6) is 0 Å². The molecule has 0 bridgehead atoms. The number of benzene rings is 1. The highest BCUT2D eigenvalue weighted by Crippen LogP contribution is 2.36. The zero-order chi connectivity index (χ0) is 14.1. The summed E-state index contributed by atoms with van der Waals surface area (Å²) in [6.07, 6.45) is 2.73. The van der Waals surface area contributed by atoms with Crippen LogP contribution in [0.1, 0.15) is 30.9 Å². The van der Waals surface area contributed by atoms with E-state index in [-0.39, 0.29) is 17.9 Å². The Morgan fingerprint density at radius 1 is 1.20 bits per heavy atom. The zero-order valence-corrected chi connectivity index (χ0v) is 12.5. The summed E-state index contributed by atoms with van der Waals surface area (Å²) in [6.45, 7) is 0.716. The van der Waals surface area contributed by atoms with Crippen molar-refractivity contribution in [2.45, 2.75) is 31.3 Å². The fourth-order valence-electron chi connectivity index (χ4n) is 2.73. The largest absolute Gasteiger partial charge is 0.355 e. The normalized spacial score (nSPS) is 25.6. The fourth-order valence-corrected chi connectivity index (χ4v) is 3.33. The van der Waals surface area contributed by atoms with E-state index in [2.05, 4.69) is 31.9 Å². The van der Waals surface area contributed by atoms with Crippen LogP contribution in [0.25, 0.3) is 0 Å². The lowest BCUT2D eigenvalue weighted by molar-refractivity contribution is -0.123. The minimum atomic E-state index is -0.477. The van der Waals surface area contributed by atoms with Gasteiger partial charge >= 0.3 is 0 Å². The first-order valence-corrected chi connectivity index (χ1v) is 7.59. The molecule has 1 saturated heterocycles. The number of fused-ring (bicyclic) bond motifs is 1. The SMILES string of the molecule is O=C1NCCCCC1NC1C(=O)Nc2cccc(Br)c21. The van der Waals surface area contributed by atoms with E-state index in [0.717, 1.165) is 35.0 Å². The molecule has 1 aromatic rings. The number of anilines is 1. The molecule has 0 spiro atoms. The summed E-state index contributed by atoms with van der Waals surface area (Å²) in [5, 5.41) is 8.92. The minimum absolute atomic E-state index is 0.0178. The van der Waals surface area contributed by atoms with E-state index in [1.165, 1.54) is 0 Å². The zero-order valence-electron chi connectivity index (χ0n) is 10.9. The molecule has 1 fully saturated rings. The van der Waals surface area contributed by atoms with Crippen LogP contribution in [0.15, 0.2) is 22.7 Å². The number of halogens is 1. The third-order valence-corrected chi connectivity index (χ3v) is 4.46. The van der Waals surface area contributed by atoms with Gasteiger partial charge < -0.3 is 10.6 Å². The standard InChI is InChI=1S/C14H16BrN3O2/c15-8-4-3-6-9-11(8)12(14(20)18-9)17-10-5-1-2-7-16-13(10)19/h3-4,6,10,12,17H,1-2,5,7H2,(H,16,19)(H,18,20). The second-order valence-electron chi connectivity index (χ2n) is 5.13. The molecule has 20 heavy (non-hydrogen) atoms. The van der Waals surface area contributed by atoms with Gasteiger partial charge in [-0.3, -0.25) is 14.9 Å². The Labute approximate surface area is 125 Å². The van der Waals surface area contributed by atoms with Gasteiger partial charge in [0.2, 0.25) is 11.8 Å². The lowest BCUT2D eigenvalue weighted by Crippen LogP contribution is -2.45. The Hall–Kier alpha value is -1.40. The topological polar surface area (TPSA) is 70.2 Å². The third-order valence-electron chi connectivity index (χ3n) is 3.76. The number of nitrogens with one attached hydrogen (secondary N) is 3. The summed E-state index contributed by atoms with van der Waals surface area (Å²) in [5.74, 6) is -0.125. The van der Waals surface area contributed by atoms with Crippen LogP contribution in [-0.4, -0.2) is 24.4 Å². The van der Waals surface area contributed by atoms with Crippen molar-refractivity contribution in [2.75, 3.05) is 11.9 Å². The second kappa shape index (κ2) is 5.54. The maximum absolute atomic E-state index is 12.1. The molecule has 2 aliphatic heterocycles. The van der Waals surface area contributed by atoms with E-state index >= 15 is 0 Å². The van der Waals surface area contributed by atoms with E-state index in [0.29, 0.717) is 6.54 Å². The van der Waals surface area contributed by atoms with Crippen molar-refractivity contribution in [3.05, 3.63) is 28.2 Å². The first kappa shape index (κ1) is 13.6. The number of hydrogen-bond acceptors (Lipinski definition) is 3. The van der Waals surface area contributed by atoms with Gasteiger partial charge in [-0.05, 0) is 31.4 Å². The summed E-state index contributed by atoms with van der Waals surface area (Å²) in [6, 6.07) is 4.86. The van der Waals surface area contributed by atoms with Gasteiger partial charge in [-0.1, -0.05) is 22.0 Å². The highest BCUT2D eigenvalue weighted by atomic mass is 79.9. The lowest BCUT2D eigenvalue weighted by Gasteiger charge is -2.20.